The second-order valence-electron chi connectivity index (χ2n) is 4.69. The second-order valence-corrected chi connectivity index (χ2v) is 4.69. The molecule has 0 saturated carbocycles. The first-order chi connectivity index (χ1) is 8.32. The highest BCUT2D eigenvalue weighted by molar-refractivity contribution is 5.83. The zero-order valence-electron chi connectivity index (χ0n) is 10.5. The Hall–Kier alpha value is -1.79. The lowest BCUT2D eigenvalue weighted by molar-refractivity contribution is -0.138. The van der Waals surface area contributed by atoms with E-state index in [1.165, 1.54) is 11.8 Å². The Morgan fingerprint density at radius 3 is 2.50 bits per heavy atom. The van der Waals surface area contributed by atoms with Gasteiger partial charge in [-0.3, -0.25) is 9.59 Å². The maximum atomic E-state index is 11.9. The number of carbonyl (C=O) groups excluding carboxylic acids is 2. The lowest BCUT2D eigenvalue weighted by atomic mass is 9.93. The monoisotopic (exact) mass is 257 g/mol. The molecule has 0 spiro atoms. The minimum absolute atomic E-state index is 0.0263. The van der Waals surface area contributed by atoms with Crippen LogP contribution in [0.1, 0.15) is 26.7 Å². The number of urea groups is 1. The molecule has 3 unspecified atom stereocenters. The van der Waals surface area contributed by atoms with E-state index in [2.05, 4.69) is 5.32 Å². The Morgan fingerprint density at radius 1 is 1.39 bits per heavy atom. The molecule has 3 atom stereocenters. The molecular formula is C11H19N3O4. The van der Waals surface area contributed by atoms with Crippen molar-refractivity contribution < 1.29 is 19.5 Å². The molecule has 0 radical (unpaired) electrons. The number of likely N-dealkylation sites (tertiary alicyclic amines) is 1. The SMILES string of the molecule is CC(NC(=O)N1CC(C(N)=O)CCC1C)C(=O)O. The van der Waals surface area contributed by atoms with Gasteiger partial charge < -0.3 is 21.1 Å². The van der Waals surface area contributed by atoms with E-state index in [0.29, 0.717) is 12.8 Å². The Kier molecular flexibility index (Phi) is 4.52. The topological polar surface area (TPSA) is 113 Å². The highest BCUT2D eigenvalue weighted by Gasteiger charge is 2.32. The van der Waals surface area contributed by atoms with Gasteiger partial charge in [0.2, 0.25) is 5.91 Å². The number of aliphatic carboxylic acids is 1. The van der Waals surface area contributed by atoms with Gasteiger partial charge >= 0.3 is 12.0 Å². The van der Waals surface area contributed by atoms with Crippen LogP contribution in [0.4, 0.5) is 4.79 Å². The first kappa shape index (κ1) is 14.3. The summed E-state index contributed by atoms with van der Waals surface area (Å²) < 4.78 is 0. The molecular weight excluding hydrogens is 238 g/mol. The van der Waals surface area contributed by atoms with Gasteiger partial charge in [-0.2, -0.15) is 0 Å². The summed E-state index contributed by atoms with van der Waals surface area (Å²) in [6, 6.07) is -1.46. The van der Waals surface area contributed by atoms with Crippen molar-refractivity contribution in [2.75, 3.05) is 6.54 Å². The molecule has 0 aromatic rings. The van der Waals surface area contributed by atoms with E-state index in [4.69, 9.17) is 10.8 Å². The van der Waals surface area contributed by atoms with Gasteiger partial charge in [0.25, 0.3) is 0 Å². The molecule has 1 rings (SSSR count). The average molecular weight is 257 g/mol. The van der Waals surface area contributed by atoms with Gasteiger partial charge in [0, 0.05) is 12.6 Å². The van der Waals surface area contributed by atoms with Crippen LogP contribution in [0, 0.1) is 5.92 Å². The predicted molar refractivity (Wildman–Crippen MR) is 63.7 cm³/mol. The normalized spacial score (nSPS) is 25.3. The Labute approximate surface area is 105 Å². The Morgan fingerprint density at radius 2 is 2.00 bits per heavy atom. The summed E-state index contributed by atoms with van der Waals surface area (Å²) in [5.41, 5.74) is 5.23. The molecule has 1 aliphatic heterocycles. The highest BCUT2D eigenvalue weighted by atomic mass is 16.4. The summed E-state index contributed by atoms with van der Waals surface area (Å²) in [4.78, 5) is 35.2. The van der Waals surface area contributed by atoms with Crippen molar-refractivity contribution in [2.45, 2.75) is 38.8 Å². The summed E-state index contributed by atoms with van der Waals surface area (Å²) >= 11 is 0. The minimum atomic E-state index is -1.10. The largest absolute Gasteiger partial charge is 0.480 e. The summed E-state index contributed by atoms with van der Waals surface area (Å²) in [6.07, 6.45) is 1.34. The van der Waals surface area contributed by atoms with Gasteiger partial charge in [-0.05, 0) is 26.7 Å². The zero-order chi connectivity index (χ0) is 13.9. The van der Waals surface area contributed by atoms with Gasteiger partial charge in [-0.1, -0.05) is 0 Å². The van der Waals surface area contributed by atoms with E-state index in [0.717, 1.165) is 0 Å². The molecule has 1 heterocycles. The van der Waals surface area contributed by atoms with Crippen molar-refractivity contribution in [3.63, 3.8) is 0 Å². The maximum Gasteiger partial charge on any atom is 0.325 e. The van der Waals surface area contributed by atoms with E-state index in [9.17, 15) is 14.4 Å². The number of nitrogens with two attached hydrogens (primary N) is 1. The van der Waals surface area contributed by atoms with Crippen LogP contribution in [0.25, 0.3) is 0 Å². The van der Waals surface area contributed by atoms with Crippen LogP contribution < -0.4 is 11.1 Å². The van der Waals surface area contributed by atoms with Crippen molar-refractivity contribution in [3.8, 4) is 0 Å². The fourth-order valence-electron chi connectivity index (χ4n) is 1.95. The van der Waals surface area contributed by atoms with E-state index >= 15 is 0 Å². The summed E-state index contributed by atoms with van der Waals surface area (Å²) in [6.45, 7) is 3.50. The zero-order valence-corrected chi connectivity index (χ0v) is 10.5. The molecule has 4 N–H and O–H groups in total. The van der Waals surface area contributed by atoms with Crippen LogP contribution in [0.2, 0.25) is 0 Å². The van der Waals surface area contributed by atoms with Crippen molar-refractivity contribution in [3.05, 3.63) is 0 Å². The van der Waals surface area contributed by atoms with Gasteiger partial charge in [-0.25, -0.2) is 4.79 Å². The van der Waals surface area contributed by atoms with Crippen LogP contribution in [0.3, 0.4) is 0 Å². The van der Waals surface area contributed by atoms with E-state index in [1.54, 1.807) is 0 Å². The summed E-state index contributed by atoms with van der Waals surface area (Å²) in [5, 5.41) is 11.1. The quantitative estimate of drug-likeness (QED) is 0.647. The molecule has 1 saturated heterocycles. The molecule has 0 bridgehead atoms. The van der Waals surface area contributed by atoms with Crippen LogP contribution in [0.5, 0.6) is 0 Å². The highest BCUT2D eigenvalue weighted by Crippen LogP contribution is 2.21. The molecule has 1 fully saturated rings. The minimum Gasteiger partial charge on any atom is -0.480 e. The summed E-state index contributed by atoms with van der Waals surface area (Å²) in [7, 11) is 0. The summed E-state index contributed by atoms with van der Waals surface area (Å²) in [5.74, 6) is -1.88. The number of carboxylic acids is 1. The van der Waals surface area contributed by atoms with Crippen molar-refractivity contribution in [1.82, 2.24) is 10.2 Å². The Bertz CT molecular complexity index is 358. The number of rotatable bonds is 3. The smallest absolute Gasteiger partial charge is 0.325 e. The number of primary amides is 1. The third-order valence-electron chi connectivity index (χ3n) is 3.26. The number of amides is 3. The molecule has 102 valence electrons. The van der Waals surface area contributed by atoms with Crippen LogP contribution in [-0.4, -0.2) is 46.5 Å². The standard InChI is InChI=1S/C11H19N3O4/c1-6-3-4-8(9(12)15)5-14(6)11(18)13-7(2)10(16)17/h6-8H,3-5H2,1-2H3,(H2,12,15)(H,13,18)(H,16,17). The second kappa shape index (κ2) is 5.70. The number of hydrogen-bond donors (Lipinski definition) is 3. The lowest BCUT2D eigenvalue weighted by Crippen LogP contribution is -2.54. The van der Waals surface area contributed by atoms with Crippen molar-refractivity contribution >= 4 is 17.9 Å². The molecule has 0 aliphatic carbocycles. The van der Waals surface area contributed by atoms with Gasteiger partial charge in [0.05, 0.1) is 5.92 Å². The number of nitrogens with zero attached hydrogens (tertiary/aromatic N) is 1. The molecule has 7 nitrogen and oxygen atoms in total. The number of carbonyl (C=O) groups is 3. The Balaban J connectivity index is 2.64. The molecule has 3 amide bonds. The lowest BCUT2D eigenvalue weighted by Gasteiger charge is -2.37. The number of nitrogens with one attached hydrogen (secondary N) is 1. The average Bonchev–Trinajstić information content (AvgIpc) is 2.28. The van der Waals surface area contributed by atoms with Gasteiger partial charge in [0.1, 0.15) is 6.04 Å². The first-order valence-electron chi connectivity index (χ1n) is 5.92. The fraction of sp³-hybridized carbons (Fsp3) is 0.727. The van der Waals surface area contributed by atoms with E-state index < -0.39 is 23.9 Å². The van der Waals surface area contributed by atoms with Crippen LogP contribution in [0.15, 0.2) is 0 Å². The number of hydrogen-bond acceptors (Lipinski definition) is 3. The number of piperidine rings is 1. The van der Waals surface area contributed by atoms with Crippen LogP contribution >= 0.6 is 0 Å². The molecule has 7 heteroatoms. The molecule has 18 heavy (non-hydrogen) atoms. The maximum absolute atomic E-state index is 11.9. The molecule has 1 aliphatic rings. The van der Waals surface area contributed by atoms with Crippen molar-refractivity contribution in [2.24, 2.45) is 11.7 Å². The fourth-order valence-corrected chi connectivity index (χ4v) is 1.95. The molecule has 0 aromatic heterocycles. The van der Waals surface area contributed by atoms with Crippen LogP contribution in [-0.2, 0) is 9.59 Å². The predicted octanol–water partition coefficient (Wildman–Crippen LogP) is -0.245. The van der Waals surface area contributed by atoms with Crippen molar-refractivity contribution in [1.29, 1.82) is 0 Å². The first-order valence-corrected chi connectivity index (χ1v) is 5.92. The van der Waals surface area contributed by atoms with E-state index in [1.807, 2.05) is 6.92 Å². The third-order valence-corrected chi connectivity index (χ3v) is 3.26. The van der Waals surface area contributed by atoms with Gasteiger partial charge in [0.15, 0.2) is 0 Å². The number of carboxylic acid groups (broad SMARTS) is 1. The molecule has 0 aromatic carbocycles. The third kappa shape index (κ3) is 3.35. The van der Waals surface area contributed by atoms with Gasteiger partial charge in [-0.15, -0.1) is 0 Å². The van der Waals surface area contributed by atoms with E-state index in [-0.39, 0.29) is 18.5 Å².